The summed E-state index contributed by atoms with van der Waals surface area (Å²) in [5, 5.41) is 9.03. The first-order chi connectivity index (χ1) is 20.1. The van der Waals surface area contributed by atoms with E-state index in [0.29, 0.717) is 24.6 Å². The lowest BCUT2D eigenvalue weighted by molar-refractivity contribution is -0.133. The summed E-state index contributed by atoms with van der Waals surface area (Å²) in [6.45, 7) is 7.36. The fraction of sp³-hybridized carbons (Fsp3) is 0.486. The zero-order valence-electron chi connectivity index (χ0n) is 24.6. The summed E-state index contributed by atoms with van der Waals surface area (Å²) in [5.74, 6) is 0.474. The first-order valence-electron chi connectivity index (χ1n) is 15.7. The summed E-state index contributed by atoms with van der Waals surface area (Å²) in [6, 6.07) is 24.4. The lowest BCUT2D eigenvalue weighted by atomic mass is 9.93. The second kappa shape index (κ2) is 14.6. The van der Waals surface area contributed by atoms with Crippen LogP contribution in [-0.2, 0) is 4.79 Å². The Labute approximate surface area is 245 Å². The van der Waals surface area contributed by atoms with Gasteiger partial charge in [0.2, 0.25) is 5.91 Å². The molecule has 2 aliphatic heterocycles. The van der Waals surface area contributed by atoms with E-state index in [2.05, 4.69) is 63.8 Å². The van der Waals surface area contributed by atoms with E-state index in [1.165, 1.54) is 24.8 Å². The van der Waals surface area contributed by atoms with Gasteiger partial charge in [0, 0.05) is 43.7 Å². The van der Waals surface area contributed by atoms with Gasteiger partial charge in [-0.15, -0.1) is 0 Å². The van der Waals surface area contributed by atoms with Crippen molar-refractivity contribution < 1.29 is 9.59 Å². The zero-order valence-corrected chi connectivity index (χ0v) is 24.6. The Bertz CT molecular complexity index is 1270. The Morgan fingerprint density at radius 1 is 0.951 bits per heavy atom. The fourth-order valence-corrected chi connectivity index (χ4v) is 6.48. The van der Waals surface area contributed by atoms with Crippen molar-refractivity contribution in [1.82, 2.24) is 20.4 Å². The summed E-state index contributed by atoms with van der Waals surface area (Å²) in [5.41, 5.74) is 1.98. The smallest absolute Gasteiger partial charge is 0.251 e. The predicted octanol–water partition coefficient (Wildman–Crippen LogP) is 5.59. The quantitative estimate of drug-likeness (QED) is 0.324. The van der Waals surface area contributed by atoms with Gasteiger partial charge >= 0.3 is 0 Å². The van der Waals surface area contributed by atoms with Gasteiger partial charge in [-0.05, 0) is 73.7 Å². The van der Waals surface area contributed by atoms with Gasteiger partial charge in [0.1, 0.15) is 0 Å². The number of fused-ring (bicyclic) bond motifs is 1. The molecule has 5 rings (SSSR count). The Kier molecular flexibility index (Phi) is 10.4. The third-order valence-electron chi connectivity index (χ3n) is 8.85. The zero-order chi connectivity index (χ0) is 28.4. The van der Waals surface area contributed by atoms with Crippen molar-refractivity contribution in [2.24, 2.45) is 0 Å². The van der Waals surface area contributed by atoms with Crippen molar-refractivity contribution in [3.63, 3.8) is 0 Å². The number of nitrogens with one attached hydrogen (secondary N) is 2. The number of hydrogen-bond acceptors (Lipinski definition) is 4. The maximum atomic E-state index is 14.0. The number of hydrogen-bond donors (Lipinski definition) is 2. The predicted molar refractivity (Wildman–Crippen MR) is 167 cm³/mol. The van der Waals surface area contributed by atoms with Crippen LogP contribution in [0.1, 0.15) is 73.7 Å². The molecule has 0 bridgehead atoms. The molecule has 2 N–H and O–H groups in total. The van der Waals surface area contributed by atoms with Crippen LogP contribution in [0.3, 0.4) is 0 Å². The lowest BCUT2D eigenvalue weighted by Gasteiger charge is -2.31. The molecule has 3 aromatic carbocycles. The molecule has 2 amide bonds. The van der Waals surface area contributed by atoms with Gasteiger partial charge in [0.25, 0.3) is 5.91 Å². The summed E-state index contributed by atoms with van der Waals surface area (Å²) in [4.78, 5) is 31.7. The molecule has 2 aliphatic rings. The van der Waals surface area contributed by atoms with Gasteiger partial charge in [0.05, 0.1) is 6.04 Å². The van der Waals surface area contributed by atoms with E-state index in [0.717, 1.165) is 62.6 Å². The standard InChI is InChI=1S/C35H46N4O2/c1-2-11-31(27-12-5-3-6-13-27)26-39-23-18-32(37-33(35(39)41)19-22-38-20-9-4-10-21-38)25-36-34(40)30-17-16-28-14-7-8-15-29(28)24-30/h3,5-8,12-17,24,31-33,37H,2,4,9-11,18-23,25-26H2,1H3,(H,36,40). The second-order valence-corrected chi connectivity index (χ2v) is 11.8. The van der Waals surface area contributed by atoms with Crippen molar-refractivity contribution in [3.05, 3.63) is 83.9 Å². The minimum Gasteiger partial charge on any atom is -0.350 e. The molecule has 2 fully saturated rings. The number of rotatable bonds is 11. The molecule has 3 atom stereocenters. The van der Waals surface area contributed by atoms with Crippen LogP contribution in [0.15, 0.2) is 72.8 Å². The molecular formula is C35H46N4O2. The van der Waals surface area contributed by atoms with Gasteiger partial charge in [-0.3, -0.25) is 9.59 Å². The third-order valence-corrected chi connectivity index (χ3v) is 8.85. The van der Waals surface area contributed by atoms with Crippen molar-refractivity contribution in [3.8, 4) is 0 Å². The maximum absolute atomic E-state index is 14.0. The molecule has 0 saturated carbocycles. The Hall–Kier alpha value is -3.22. The largest absolute Gasteiger partial charge is 0.350 e. The monoisotopic (exact) mass is 554 g/mol. The van der Waals surface area contributed by atoms with Crippen molar-refractivity contribution >= 4 is 22.6 Å². The molecule has 2 saturated heterocycles. The highest BCUT2D eigenvalue weighted by atomic mass is 16.2. The molecule has 0 radical (unpaired) electrons. The number of carbonyl (C=O) groups excluding carboxylic acids is 2. The van der Waals surface area contributed by atoms with Gasteiger partial charge in [-0.2, -0.15) is 0 Å². The average Bonchev–Trinajstić information content (AvgIpc) is 3.17. The van der Waals surface area contributed by atoms with Crippen LogP contribution in [0.5, 0.6) is 0 Å². The Morgan fingerprint density at radius 3 is 2.49 bits per heavy atom. The summed E-state index contributed by atoms with van der Waals surface area (Å²) >= 11 is 0. The molecule has 218 valence electrons. The number of carbonyl (C=O) groups is 2. The summed E-state index contributed by atoms with van der Waals surface area (Å²) in [7, 11) is 0. The molecule has 0 aliphatic carbocycles. The number of amides is 2. The van der Waals surface area contributed by atoms with E-state index in [1.54, 1.807) is 0 Å². The number of nitrogens with zero attached hydrogens (tertiary/aromatic N) is 2. The Morgan fingerprint density at radius 2 is 1.71 bits per heavy atom. The van der Waals surface area contributed by atoms with Gasteiger partial charge < -0.3 is 20.4 Å². The van der Waals surface area contributed by atoms with Crippen molar-refractivity contribution in [1.29, 1.82) is 0 Å². The minimum absolute atomic E-state index is 0.0427. The normalized spacial score (nSPS) is 21.0. The molecular weight excluding hydrogens is 508 g/mol. The summed E-state index contributed by atoms with van der Waals surface area (Å²) < 4.78 is 0. The molecule has 6 nitrogen and oxygen atoms in total. The highest BCUT2D eigenvalue weighted by molar-refractivity contribution is 5.98. The van der Waals surface area contributed by atoms with E-state index in [4.69, 9.17) is 0 Å². The van der Waals surface area contributed by atoms with Gasteiger partial charge in [-0.1, -0.05) is 80.4 Å². The highest BCUT2D eigenvalue weighted by Gasteiger charge is 2.32. The first kappa shape index (κ1) is 29.3. The number of piperidine rings is 1. The Balaban J connectivity index is 1.26. The molecule has 41 heavy (non-hydrogen) atoms. The highest BCUT2D eigenvalue weighted by Crippen LogP contribution is 2.24. The van der Waals surface area contributed by atoms with E-state index in [-0.39, 0.29) is 23.9 Å². The van der Waals surface area contributed by atoms with Gasteiger partial charge in [-0.25, -0.2) is 0 Å². The van der Waals surface area contributed by atoms with Crippen LogP contribution in [0.25, 0.3) is 10.8 Å². The van der Waals surface area contributed by atoms with Crippen LogP contribution in [-0.4, -0.2) is 73.0 Å². The molecule has 0 spiro atoms. The molecule has 0 aromatic heterocycles. The van der Waals surface area contributed by atoms with E-state index in [1.807, 2.05) is 36.4 Å². The van der Waals surface area contributed by atoms with Crippen molar-refractivity contribution in [2.45, 2.75) is 69.9 Å². The average molecular weight is 555 g/mol. The van der Waals surface area contributed by atoms with E-state index in [9.17, 15) is 9.59 Å². The van der Waals surface area contributed by atoms with E-state index >= 15 is 0 Å². The fourth-order valence-electron chi connectivity index (χ4n) is 6.48. The van der Waals surface area contributed by atoms with Crippen LogP contribution < -0.4 is 10.6 Å². The van der Waals surface area contributed by atoms with E-state index < -0.39 is 0 Å². The topological polar surface area (TPSA) is 64.7 Å². The third kappa shape index (κ3) is 7.96. The maximum Gasteiger partial charge on any atom is 0.251 e. The molecule has 3 aromatic rings. The molecule has 6 heteroatoms. The van der Waals surface area contributed by atoms with Gasteiger partial charge in [0.15, 0.2) is 0 Å². The van der Waals surface area contributed by atoms with Crippen LogP contribution >= 0.6 is 0 Å². The number of benzene rings is 3. The SMILES string of the molecule is CCCC(CN1CCC(CNC(=O)c2ccc3ccccc3c2)NC(CCN2CCCCC2)C1=O)c1ccccc1. The minimum atomic E-state index is -0.236. The van der Waals surface area contributed by atoms with Crippen LogP contribution in [0, 0.1) is 0 Å². The second-order valence-electron chi connectivity index (χ2n) is 11.8. The molecule has 2 heterocycles. The van der Waals surface area contributed by atoms with Crippen LogP contribution in [0.2, 0.25) is 0 Å². The van der Waals surface area contributed by atoms with Crippen LogP contribution in [0.4, 0.5) is 0 Å². The summed E-state index contributed by atoms with van der Waals surface area (Å²) in [6.07, 6.45) is 7.56. The first-order valence-corrected chi connectivity index (χ1v) is 15.7. The lowest BCUT2D eigenvalue weighted by Crippen LogP contribution is -2.50. The van der Waals surface area contributed by atoms with Crippen molar-refractivity contribution in [2.75, 3.05) is 39.3 Å². The molecule has 3 unspecified atom stereocenters. The number of likely N-dealkylation sites (tertiary alicyclic amines) is 1.